The van der Waals surface area contributed by atoms with Crippen LogP contribution in [0.3, 0.4) is 0 Å². The molecule has 2 aromatic rings. The highest BCUT2D eigenvalue weighted by molar-refractivity contribution is 7.80. The van der Waals surface area contributed by atoms with E-state index < -0.39 is 11.9 Å². The molecule has 0 radical (unpaired) electrons. The molecule has 1 amide bonds. The van der Waals surface area contributed by atoms with Crippen LogP contribution in [0.4, 0.5) is 5.69 Å². The van der Waals surface area contributed by atoms with Gasteiger partial charge < -0.3 is 15.4 Å². The Bertz CT molecular complexity index is 816. The predicted octanol–water partition coefficient (Wildman–Crippen LogP) is 4.37. The summed E-state index contributed by atoms with van der Waals surface area (Å²) < 4.78 is 5.13. The monoisotopic (exact) mass is 424 g/mol. The number of hydrogen-bond acceptors (Lipinski definition) is 4. The summed E-state index contributed by atoms with van der Waals surface area (Å²) in [7, 11) is 0. The van der Waals surface area contributed by atoms with Gasteiger partial charge in [0.15, 0.2) is 5.11 Å². The van der Waals surface area contributed by atoms with E-state index in [0.29, 0.717) is 22.2 Å². The number of thiocarbonyl (C=S) groups is 1. The number of esters is 1. The molecule has 142 valence electrons. The van der Waals surface area contributed by atoms with Gasteiger partial charge in [0, 0.05) is 12.8 Å². The molecule has 0 spiro atoms. The zero-order valence-electron chi connectivity index (χ0n) is 14.3. The number of nitrogens with one attached hydrogen (secondary N) is 2. The van der Waals surface area contributed by atoms with Crippen LogP contribution in [0.25, 0.3) is 0 Å². The van der Waals surface area contributed by atoms with Crippen LogP contribution in [0, 0.1) is 0 Å². The third-order valence-electron chi connectivity index (χ3n) is 3.51. The fourth-order valence-corrected chi connectivity index (χ4v) is 2.73. The van der Waals surface area contributed by atoms with Gasteiger partial charge in [0.1, 0.15) is 0 Å². The minimum absolute atomic E-state index is 0.0266. The number of carbonyl (C=O) groups excluding carboxylic acids is 2. The molecular weight excluding hydrogens is 407 g/mol. The summed E-state index contributed by atoms with van der Waals surface area (Å²) >= 11 is 17.0. The van der Waals surface area contributed by atoms with E-state index >= 15 is 0 Å². The molecule has 0 saturated carbocycles. The van der Waals surface area contributed by atoms with Crippen molar-refractivity contribution >= 4 is 58.1 Å². The molecule has 2 rings (SSSR count). The first-order valence-corrected chi connectivity index (χ1v) is 9.36. The summed E-state index contributed by atoms with van der Waals surface area (Å²) in [6.07, 6.45) is 0.573. The second kappa shape index (κ2) is 10.9. The first kappa shape index (κ1) is 21.2. The molecule has 0 aliphatic heterocycles. The van der Waals surface area contributed by atoms with Crippen LogP contribution in [-0.4, -0.2) is 23.6 Å². The molecule has 0 fully saturated rings. The standard InChI is InChI=1S/C19H18Cl2N2O3S/c20-14-7-4-8-15(18(14)21)22-19(27)23-16(24)9-10-17(25)26-12-11-13-5-2-1-3-6-13/h1-8H,9-12H2,(H2,22,23,24,27). The van der Waals surface area contributed by atoms with E-state index in [1.807, 2.05) is 30.3 Å². The van der Waals surface area contributed by atoms with Crippen molar-refractivity contribution < 1.29 is 14.3 Å². The Hall–Kier alpha value is -2.15. The number of ether oxygens (including phenoxy) is 1. The van der Waals surface area contributed by atoms with Gasteiger partial charge in [-0.05, 0) is 29.9 Å². The van der Waals surface area contributed by atoms with Gasteiger partial charge in [0.05, 0.1) is 28.8 Å². The lowest BCUT2D eigenvalue weighted by Gasteiger charge is -2.11. The maximum absolute atomic E-state index is 11.9. The molecule has 0 saturated heterocycles. The number of halogens is 2. The van der Waals surface area contributed by atoms with Crippen molar-refractivity contribution in [2.45, 2.75) is 19.3 Å². The molecule has 0 bridgehead atoms. The van der Waals surface area contributed by atoms with Crippen molar-refractivity contribution in [2.24, 2.45) is 0 Å². The Morgan fingerprint density at radius 3 is 2.48 bits per heavy atom. The lowest BCUT2D eigenvalue weighted by molar-refractivity contribution is -0.144. The maximum Gasteiger partial charge on any atom is 0.306 e. The molecule has 0 heterocycles. The topological polar surface area (TPSA) is 67.4 Å². The minimum atomic E-state index is -0.433. The molecule has 0 unspecified atom stereocenters. The van der Waals surface area contributed by atoms with Gasteiger partial charge in [-0.1, -0.05) is 59.6 Å². The molecule has 0 aromatic heterocycles. The quantitative estimate of drug-likeness (QED) is 0.509. The van der Waals surface area contributed by atoms with Gasteiger partial charge in [0.25, 0.3) is 0 Å². The van der Waals surface area contributed by atoms with Crippen molar-refractivity contribution in [3.05, 3.63) is 64.1 Å². The van der Waals surface area contributed by atoms with Gasteiger partial charge in [-0.15, -0.1) is 0 Å². The van der Waals surface area contributed by atoms with Crippen molar-refractivity contribution in [3.8, 4) is 0 Å². The third kappa shape index (κ3) is 7.54. The SMILES string of the molecule is O=C(CCC(=O)OCCc1ccccc1)NC(=S)Nc1cccc(Cl)c1Cl. The normalized spacial score (nSPS) is 10.1. The van der Waals surface area contributed by atoms with E-state index in [2.05, 4.69) is 10.6 Å². The van der Waals surface area contributed by atoms with E-state index in [1.165, 1.54) is 0 Å². The molecule has 5 nitrogen and oxygen atoms in total. The van der Waals surface area contributed by atoms with Crippen LogP contribution in [-0.2, 0) is 20.7 Å². The Kier molecular flexibility index (Phi) is 8.51. The van der Waals surface area contributed by atoms with E-state index in [1.54, 1.807) is 18.2 Å². The third-order valence-corrected chi connectivity index (χ3v) is 4.53. The van der Waals surface area contributed by atoms with Crippen LogP contribution in [0.1, 0.15) is 18.4 Å². The Morgan fingerprint density at radius 1 is 1.00 bits per heavy atom. The average Bonchev–Trinajstić information content (AvgIpc) is 2.64. The van der Waals surface area contributed by atoms with Gasteiger partial charge in [0.2, 0.25) is 5.91 Å². The van der Waals surface area contributed by atoms with Crippen LogP contribution in [0.2, 0.25) is 10.0 Å². The van der Waals surface area contributed by atoms with Crippen LogP contribution in [0.5, 0.6) is 0 Å². The zero-order chi connectivity index (χ0) is 19.6. The highest BCUT2D eigenvalue weighted by Crippen LogP contribution is 2.29. The Labute approximate surface area is 173 Å². The number of hydrogen-bond donors (Lipinski definition) is 2. The largest absolute Gasteiger partial charge is 0.465 e. The average molecular weight is 425 g/mol. The summed E-state index contributed by atoms with van der Waals surface area (Å²) in [6.45, 7) is 0.275. The summed E-state index contributed by atoms with van der Waals surface area (Å²) in [5.74, 6) is -0.830. The summed E-state index contributed by atoms with van der Waals surface area (Å²) in [6, 6.07) is 14.7. The van der Waals surface area contributed by atoms with Crippen LogP contribution in [0.15, 0.2) is 48.5 Å². The van der Waals surface area contributed by atoms with E-state index in [9.17, 15) is 9.59 Å². The highest BCUT2D eigenvalue weighted by Gasteiger charge is 2.11. The highest BCUT2D eigenvalue weighted by atomic mass is 35.5. The van der Waals surface area contributed by atoms with E-state index in [0.717, 1.165) is 5.56 Å². The number of amides is 1. The number of benzene rings is 2. The smallest absolute Gasteiger partial charge is 0.306 e. The van der Waals surface area contributed by atoms with Crippen LogP contribution < -0.4 is 10.6 Å². The van der Waals surface area contributed by atoms with Gasteiger partial charge in [-0.2, -0.15) is 0 Å². The molecule has 0 aliphatic carbocycles. The molecule has 0 atom stereocenters. The second-order valence-electron chi connectivity index (χ2n) is 5.56. The van der Waals surface area contributed by atoms with E-state index in [-0.39, 0.29) is 24.6 Å². The Balaban J connectivity index is 1.66. The Morgan fingerprint density at radius 2 is 1.74 bits per heavy atom. The number of anilines is 1. The first-order valence-electron chi connectivity index (χ1n) is 8.20. The fourth-order valence-electron chi connectivity index (χ4n) is 2.16. The summed E-state index contributed by atoms with van der Waals surface area (Å²) in [4.78, 5) is 23.6. The molecule has 8 heteroatoms. The fraction of sp³-hybridized carbons (Fsp3) is 0.211. The van der Waals surface area contributed by atoms with Crippen molar-refractivity contribution in [2.75, 3.05) is 11.9 Å². The minimum Gasteiger partial charge on any atom is -0.465 e. The molecule has 0 aliphatic rings. The summed E-state index contributed by atoms with van der Waals surface area (Å²) in [5.41, 5.74) is 1.56. The second-order valence-corrected chi connectivity index (χ2v) is 6.75. The first-order chi connectivity index (χ1) is 13.0. The molecule has 27 heavy (non-hydrogen) atoms. The summed E-state index contributed by atoms with van der Waals surface area (Å²) in [5, 5.41) is 6.02. The van der Waals surface area contributed by atoms with E-state index in [4.69, 9.17) is 40.2 Å². The van der Waals surface area contributed by atoms with Crippen molar-refractivity contribution in [3.63, 3.8) is 0 Å². The van der Waals surface area contributed by atoms with Crippen LogP contribution >= 0.6 is 35.4 Å². The zero-order valence-corrected chi connectivity index (χ0v) is 16.7. The van der Waals surface area contributed by atoms with Crippen molar-refractivity contribution in [1.29, 1.82) is 0 Å². The lowest BCUT2D eigenvalue weighted by Crippen LogP contribution is -2.34. The molecule has 2 aromatic carbocycles. The van der Waals surface area contributed by atoms with Gasteiger partial charge in [-0.3, -0.25) is 9.59 Å². The number of carbonyl (C=O) groups is 2. The van der Waals surface area contributed by atoms with Gasteiger partial charge >= 0.3 is 5.97 Å². The van der Waals surface area contributed by atoms with Gasteiger partial charge in [-0.25, -0.2) is 0 Å². The lowest BCUT2D eigenvalue weighted by atomic mass is 10.2. The number of rotatable bonds is 7. The maximum atomic E-state index is 11.9. The van der Waals surface area contributed by atoms with Crippen molar-refractivity contribution in [1.82, 2.24) is 5.32 Å². The molecule has 2 N–H and O–H groups in total. The molecular formula is C19H18Cl2N2O3S. The predicted molar refractivity (Wildman–Crippen MR) is 111 cm³/mol.